The number of rotatable bonds is 4. The molecule has 2 heterocycles. The lowest BCUT2D eigenvalue weighted by molar-refractivity contribution is 0.599. The highest BCUT2D eigenvalue weighted by Crippen LogP contribution is 2.25. The van der Waals surface area contributed by atoms with E-state index in [0.29, 0.717) is 11.7 Å². The van der Waals surface area contributed by atoms with Gasteiger partial charge in [0.15, 0.2) is 9.34 Å². The lowest BCUT2D eigenvalue weighted by Crippen LogP contribution is -2.18. The van der Waals surface area contributed by atoms with Crippen molar-refractivity contribution in [2.75, 3.05) is 11.9 Å². The number of hydrogen-bond donors (Lipinski definition) is 1. The number of sulfonamides is 1. The molecule has 0 aliphatic heterocycles. The van der Waals surface area contributed by atoms with E-state index in [-0.39, 0.29) is 4.21 Å². The van der Waals surface area contributed by atoms with Crippen LogP contribution >= 0.6 is 11.3 Å². The molecule has 0 radical (unpaired) electrons. The summed E-state index contributed by atoms with van der Waals surface area (Å²) in [5.41, 5.74) is 0. The Morgan fingerprint density at radius 3 is 2.72 bits per heavy atom. The number of imidazole rings is 1. The normalized spacial score (nSPS) is 11.7. The minimum absolute atomic E-state index is 0.0594. The Kier molecular flexibility index (Phi) is 3.37. The van der Waals surface area contributed by atoms with Crippen LogP contribution in [0.4, 0.5) is 5.13 Å². The van der Waals surface area contributed by atoms with Crippen molar-refractivity contribution in [2.45, 2.75) is 10.8 Å². The maximum absolute atomic E-state index is 11.2. The predicted molar refractivity (Wildman–Crippen MR) is 68.8 cm³/mol. The van der Waals surface area contributed by atoms with Gasteiger partial charge in [-0.1, -0.05) is 11.3 Å². The first-order chi connectivity index (χ1) is 8.38. The van der Waals surface area contributed by atoms with Crippen LogP contribution in [-0.4, -0.2) is 30.0 Å². The third-order valence-electron chi connectivity index (χ3n) is 2.38. The van der Waals surface area contributed by atoms with Crippen LogP contribution in [0.2, 0.25) is 0 Å². The number of anilines is 1. The predicted octanol–water partition coefficient (Wildman–Crippen LogP) is 0.160. The molecule has 9 heteroatoms. The number of hydrogen-bond acceptors (Lipinski definition) is 6. The second-order valence-electron chi connectivity index (χ2n) is 3.82. The van der Waals surface area contributed by atoms with Gasteiger partial charge in [-0.05, 0) is 0 Å². The van der Waals surface area contributed by atoms with Crippen molar-refractivity contribution < 1.29 is 8.42 Å². The zero-order valence-corrected chi connectivity index (χ0v) is 11.6. The van der Waals surface area contributed by atoms with Gasteiger partial charge in [-0.3, -0.25) is 0 Å². The van der Waals surface area contributed by atoms with Crippen LogP contribution in [-0.2, 0) is 23.6 Å². The molecule has 2 aromatic rings. The molecule has 98 valence electrons. The molecule has 18 heavy (non-hydrogen) atoms. The van der Waals surface area contributed by atoms with Gasteiger partial charge >= 0.3 is 0 Å². The first-order valence-corrected chi connectivity index (χ1v) is 7.40. The molecule has 2 rings (SSSR count). The molecular weight excluding hydrogens is 274 g/mol. The number of nitrogens with two attached hydrogens (primary N) is 1. The molecule has 0 spiro atoms. The number of nitrogens with zero attached hydrogens (tertiary/aromatic N) is 4. The van der Waals surface area contributed by atoms with E-state index in [4.69, 9.17) is 5.14 Å². The van der Waals surface area contributed by atoms with Crippen molar-refractivity contribution >= 4 is 26.5 Å². The third kappa shape index (κ3) is 2.68. The Hall–Kier alpha value is -1.45. The molecule has 0 aliphatic rings. The van der Waals surface area contributed by atoms with Crippen molar-refractivity contribution in [2.24, 2.45) is 12.2 Å². The molecule has 0 unspecified atom stereocenters. The van der Waals surface area contributed by atoms with Crippen molar-refractivity contribution in [3.63, 3.8) is 0 Å². The Bertz CT molecular complexity index is 645. The summed E-state index contributed by atoms with van der Waals surface area (Å²) in [4.78, 5) is 10.1. The summed E-state index contributed by atoms with van der Waals surface area (Å²) in [7, 11) is 0.0393. The van der Waals surface area contributed by atoms with Crippen LogP contribution in [0.25, 0.3) is 0 Å². The second kappa shape index (κ2) is 4.67. The highest BCUT2D eigenvalue weighted by Gasteiger charge is 2.15. The number of primary sulfonamides is 1. The van der Waals surface area contributed by atoms with Gasteiger partial charge in [-0.25, -0.2) is 23.5 Å². The molecule has 2 N–H and O–H groups in total. The summed E-state index contributed by atoms with van der Waals surface area (Å²) >= 11 is 1.04. The topological polar surface area (TPSA) is 94.1 Å². The van der Waals surface area contributed by atoms with E-state index in [9.17, 15) is 8.42 Å². The van der Waals surface area contributed by atoms with E-state index in [0.717, 1.165) is 17.2 Å². The average Bonchev–Trinajstić information content (AvgIpc) is 2.87. The van der Waals surface area contributed by atoms with Gasteiger partial charge in [0.1, 0.15) is 5.82 Å². The zero-order valence-electron chi connectivity index (χ0n) is 9.94. The van der Waals surface area contributed by atoms with Crippen LogP contribution < -0.4 is 10.0 Å². The zero-order chi connectivity index (χ0) is 13.3. The third-order valence-corrected chi connectivity index (χ3v) is 4.90. The highest BCUT2D eigenvalue weighted by atomic mass is 32.2. The van der Waals surface area contributed by atoms with E-state index in [1.54, 1.807) is 6.20 Å². The van der Waals surface area contributed by atoms with Gasteiger partial charge in [0.05, 0.1) is 12.7 Å². The molecule has 2 aromatic heterocycles. The van der Waals surface area contributed by atoms with E-state index in [1.807, 2.05) is 29.8 Å². The van der Waals surface area contributed by atoms with Crippen molar-refractivity contribution in [3.05, 3.63) is 24.4 Å². The van der Waals surface area contributed by atoms with Gasteiger partial charge in [0.25, 0.3) is 0 Å². The Morgan fingerprint density at radius 2 is 2.22 bits per heavy atom. The smallest absolute Gasteiger partial charge is 0.249 e. The summed E-state index contributed by atoms with van der Waals surface area (Å²) in [6.07, 6.45) is 4.83. The molecule has 0 saturated carbocycles. The van der Waals surface area contributed by atoms with Gasteiger partial charge in [-0.15, -0.1) is 0 Å². The van der Waals surface area contributed by atoms with Crippen LogP contribution in [0.5, 0.6) is 0 Å². The van der Waals surface area contributed by atoms with Crippen molar-refractivity contribution in [1.29, 1.82) is 0 Å². The van der Waals surface area contributed by atoms with E-state index in [2.05, 4.69) is 9.97 Å². The number of aryl methyl sites for hydroxylation is 1. The maximum atomic E-state index is 11.2. The fraction of sp³-hybridized carbons (Fsp3) is 0.333. The van der Waals surface area contributed by atoms with Gasteiger partial charge < -0.3 is 9.47 Å². The molecule has 0 atom stereocenters. The van der Waals surface area contributed by atoms with Gasteiger partial charge in [0.2, 0.25) is 10.0 Å². The Morgan fingerprint density at radius 1 is 1.50 bits per heavy atom. The minimum Gasteiger partial charge on any atom is -0.344 e. The van der Waals surface area contributed by atoms with Crippen LogP contribution in [0.3, 0.4) is 0 Å². The fourth-order valence-electron chi connectivity index (χ4n) is 1.39. The fourth-order valence-corrected chi connectivity index (χ4v) is 2.89. The first-order valence-electron chi connectivity index (χ1n) is 5.04. The van der Waals surface area contributed by atoms with E-state index >= 15 is 0 Å². The number of thiazole rings is 1. The standard InChI is InChI=1S/C9H13N5O2S2/c1-13-4-3-11-7(13)6-14(2)9-12-5-8(17-9)18(10,15)16/h3-5H,6H2,1-2H3,(H2,10,15,16). The molecule has 0 fully saturated rings. The summed E-state index contributed by atoms with van der Waals surface area (Å²) in [5.74, 6) is 0.866. The summed E-state index contributed by atoms with van der Waals surface area (Å²) < 4.78 is 24.3. The SMILES string of the molecule is CN(Cc1nccn1C)c1ncc(S(N)(=O)=O)s1. The van der Waals surface area contributed by atoms with E-state index < -0.39 is 10.0 Å². The lowest BCUT2D eigenvalue weighted by Gasteiger charge is -2.14. The van der Waals surface area contributed by atoms with Gasteiger partial charge in [-0.2, -0.15) is 0 Å². The van der Waals surface area contributed by atoms with E-state index in [1.165, 1.54) is 6.20 Å². The van der Waals surface area contributed by atoms with Crippen molar-refractivity contribution in [3.8, 4) is 0 Å². The summed E-state index contributed by atoms with van der Waals surface area (Å²) in [6, 6.07) is 0. The molecule has 0 saturated heterocycles. The second-order valence-corrected chi connectivity index (χ2v) is 6.61. The summed E-state index contributed by atoms with van der Waals surface area (Å²) in [6.45, 7) is 0.543. The van der Waals surface area contributed by atoms with Crippen LogP contribution in [0.15, 0.2) is 22.8 Å². The molecule has 7 nitrogen and oxygen atoms in total. The monoisotopic (exact) mass is 287 g/mol. The largest absolute Gasteiger partial charge is 0.344 e. The Balaban J connectivity index is 2.17. The van der Waals surface area contributed by atoms with Crippen molar-refractivity contribution in [1.82, 2.24) is 14.5 Å². The first kappa shape index (κ1) is 13.0. The highest BCUT2D eigenvalue weighted by molar-refractivity contribution is 7.91. The molecule has 0 bridgehead atoms. The molecule has 0 aliphatic carbocycles. The molecule has 0 amide bonds. The Labute approximate surface area is 109 Å². The van der Waals surface area contributed by atoms with Gasteiger partial charge in [0, 0.05) is 26.5 Å². The lowest BCUT2D eigenvalue weighted by atomic mass is 10.5. The minimum atomic E-state index is -3.68. The molecular formula is C9H13N5O2S2. The quantitative estimate of drug-likeness (QED) is 0.864. The van der Waals surface area contributed by atoms with Crippen LogP contribution in [0, 0.1) is 0 Å². The number of aromatic nitrogens is 3. The maximum Gasteiger partial charge on any atom is 0.249 e. The summed E-state index contributed by atoms with van der Waals surface area (Å²) in [5, 5.41) is 5.62. The average molecular weight is 287 g/mol. The molecule has 0 aromatic carbocycles. The van der Waals surface area contributed by atoms with Crippen LogP contribution in [0.1, 0.15) is 5.82 Å².